The largest absolute Gasteiger partial charge is 0.388 e. The van der Waals surface area contributed by atoms with E-state index in [1.807, 2.05) is 30.3 Å². The Morgan fingerprint density at radius 3 is 2.57 bits per heavy atom. The first kappa shape index (κ1) is 16.3. The minimum atomic E-state index is -3.83. The maximum atomic E-state index is 11.2. The molecule has 2 rings (SSSR count). The molecule has 1 heterocycles. The van der Waals surface area contributed by atoms with Gasteiger partial charge in [0.15, 0.2) is 12.4 Å². The summed E-state index contributed by atoms with van der Waals surface area (Å²) in [6.07, 6.45) is -4.18. The van der Waals surface area contributed by atoms with Gasteiger partial charge >= 0.3 is 0 Å². The van der Waals surface area contributed by atoms with Gasteiger partial charge in [0.05, 0.1) is 19.5 Å². The third kappa shape index (κ3) is 4.73. The van der Waals surface area contributed by atoms with Crippen LogP contribution in [-0.2, 0) is 30.4 Å². The van der Waals surface area contributed by atoms with Crippen molar-refractivity contribution in [3.8, 4) is 0 Å². The Kier molecular flexibility index (Phi) is 5.31. The van der Waals surface area contributed by atoms with Gasteiger partial charge in [0.1, 0.15) is 12.2 Å². The van der Waals surface area contributed by atoms with Crippen molar-refractivity contribution in [2.45, 2.75) is 31.2 Å². The fraction of sp³-hybridized carbons (Fsp3) is 0.538. The summed E-state index contributed by atoms with van der Waals surface area (Å²) in [5.41, 5.74) is 0.861. The van der Waals surface area contributed by atoms with Gasteiger partial charge in [-0.1, -0.05) is 30.3 Å². The lowest BCUT2D eigenvalue weighted by molar-refractivity contribution is -0.266. The monoisotopic (exact) mass is 318 g/mol. The van der Waals surface area contributed by atoms with E-state index in [1.54, 1.807) is 0 Å². The topological polar surface area (TPSA) is 102 Å². The molecule has 0 amide bonds. The van der Waals surface area contributed by atoms with Gasteiger partial charge in [-0.3, -0.25) is 4.18 Å². The van der Waals surface area contributed by atoms with Crippen LogP contribution in [0.4, 0.5) is 0 Å². The number of ether oxygens (including phenoxy) is 2. The van der Waals surface area contributed by atoms with Crippen molar-refractivity contribution in [3.05, 3.63) is 35.9 Å². The number of rotatable bonds is 5. The van der Waals surface area contributed by atoms with Gasteiger partial charge < -0.3 is 19.7 Å². The molecule has 0 aliphatic carbocycles. The molecule has 1 fully saturated rings. The van der Waals surface area contributed by atoms with Crippen molar-refractivity contribution in [3.63, 3.8) is 0 Å². The summed E-state index contributed by atoms with van der Waals surface area (Å²) in [7, 11) is -3.83. The molecular weight excluding hydrogens is 300 g/mol. The first-order valence-corrected chi connectivity index (χ1v) is 8.20. The number of aliphatic hydroxyl groups is 2. The van der Waals surface area contributed by atoms with Crippen LogP contribution in [-0.4, -0.2) is 56.1 Å². The van der Waals surface area contributed by atoms with Crippen molar-refractivity contribution >= 4 is 10.1 Å². The molecule has 4 atom stereocenters. The van der Waals surface area contributed by atoms with E-state index < -0.39 is 34.7 Å². The molecule has 21 heavy (non-hydrogen) atoms. The molecular formula is C13H18O7S. The van der Waals surface area contributed by atoms with E-state index >= 15 is 0 Å². The molecule has 0 spiro atoms. The lowest BCUT2D eigenvalue weighted by atomic mass is 10.1. The van der Waals surface area contributed by atoms with Crippen molar-refractivity contribution < 1.29 is 32.3 Å². The van der Waals surface area contributed by atoms with Crippen LogP contribution in [0.15, 0.2) is 30.3 Å². The van der Waals surface area contributed by atoms with E-state index in [-0.39, 0.29) is 13.2 Å². The third-order valence-corrected chi connectivity index (χ3v) is 3.55. The van der Waals surface area contributed by atoms with Crippen LogP contribution >= 0.6 is 0 Å². The first-order valence-electron chi connectivity index (χ1n) is 6.38. The van der Waals surface area contributed by atoms with Crippen molar-refractivity contribution in [1.82, 2.24) is 0 Å². The second kappa shape index (κ2) is 6.82. The zero-order valence-electron chi connectivity index (χ0n) is 11.5. The number of aliphatic hydroxyl groups excluding tert-OH is 2. The molecule has 7 nitrogen and oxygen atoms in total. The lowest BCUT2D eigenvalue weighted by Gasteiger charge is -2.36. The van der Waals surface area contributed by atoms with Crippen LogP contribution in [0.2, 0.25) is 0 Å². The predicted molar refractivity (Wildman–Crippen MR) is 72.7 cm³/mol. The van der Waals surface area contributed by atoms with E-state index in [0.29, 0.717) is 0 Å². The molecule has 118 valence electrons. The van der Waals surface area contributed by atoms with Crippen LogP contribution < -0.4 is 0 Å². The molecule has 1 aromatic carbocycles. The van der Waals surface area contributed by atoms with Gasteiger partial charge in [-0.05, 0) is 5.56 Å². The Labute approximate surface area is 123 Å². The molecule has 1 aromatic rings. The highest BCUT2D eigenvalue weighted by atomic mass is 32.2. The minimum absolute atomic E-state index is 0.162. The highest BCUT2D eigenvalue weighted by Gasteiger charge is 2.42. The molecule has 0 aromatic heterocycles. The van der Waals surface area contributed by atoms with Gasteiger partial charge in [-0.15, -0.1) is 0 Å². The van der Waals surface area contributed by atoms with Crippen LogP contribution in [0.5, 0.6) is 0 Å². The van der Waals surface area contributed by atoms with E-state index in [4.69, 9.17) is 13.7 Å². The smallest absolute Gasteiger partial charge is 0.264 e. The van der Waals surface area contributed by atoms with Gasteiger partial charge in [0, 0.05) is 0 Å². The van der Waals surface area contributed by atoms with Crippen molar-refractivity contribution in [1.29, 1.82) is 0 Å². The van der Waals surface area contributed by atoms with Crippen LogP contribution in [0.1, 0.15) is 5.56 Å². The third-order valence-electron chi connectivity index (χ3n) is 2.97. The predicted octanol–water partition coefficient (Wildman–Crippen LogP) is -0.374. The summed E-state index contributed by atoms with van der Waals surface area (Å²) in [5, 5.41) is 19.4. The highest BCUT2D eigenvalue weighted by Crippen LogP contribution is 2.22. The minimum Gasteiger partial charge on any atom is -0.388 e. The van der Waals surface area contributed by atoms with Crippen LogP contribution in [0.3, 0.4) is 0 Å². The quantitative estimate of drug-likeness (QED) is 0.714. The van der Waals surface area contributed by atoms with Gasteiger partial charge in [-0.2, -0.15) is 8.42 Å². The van der Waals surface area contributed by atoms with E-state index in [1.165, 1.54) is 0 Å². The first-order chi connectivity index (χ1) is 9.87. The summed E-state index contributed by atoms with van der Waals surface area (Å²) >= 11 is 0. The average Bonchev–Trinajstić information content (AvgIpc) is 2.43. The van der Waals surface area contributed by atoms with Gasteiger partial charge in [0.25, 0.3) is 10.1 Å². The van der Waals surface area contributed by atoms with Crippen LogP contribution in [0.25, 0.3) is 0 Å². The zero-order chi connectivity index (χ0) is 15.5. The molecule has 0 radical (unpaired) electrons. The average molecular weight is 318 g/mol. The Hall–Kier alpha value is -1.03. The molecule has 1 aliphatic rings. The Morgan fingerprint density at radius 1 is 1.29 bits per heavy atom. The number of hydrogen-bond donors (Lipinski definition) is 2. The van der Waals surface area contributed by atoms with Crippen molar-refractivity contribution in [2.24, 2.45) is 0 Å². The molecule has 8 heteroatoms. The second-order valence-electron chi connectivity index (χ2n) is 4.82. The number of hydrogen-bond acceptors (Lipinski definition) is 7. The Balaban J connectivity index is 2.04. The van der Waals surface area contributed by atoms with E-state index in [9.17, 15) is 18.6 Å². The fourth-order valence-electron chi connectivity index (χ4n) is 1.97. The maximum Gasteiger partial charge on any atom is 0.264 e. The standard InChI is InChI=1S/C13H18O7S/c1-21(16,17)20-12-11(15)10(14)8-19-13(12)18-7-9-5-3-2-4-6-9/h2-6,10-15H,7-8H2,1H3. The van der Waals surface area contributed by atoms with Crippen molar-refractivity contribution in [2.75, 3.05) is 12.9 Å². The molecule has 4 unspecified atom stereocenters. The molecule has 0 bridgehead atoms. The lowest BCUT2D eigenvalue weighted by Crippen LogP contribution is -2.55. The Morgan fingerprint density at radius 2 is 1.95 bits per heavy atom. The summed E-state index contributed by atoms with van der Waals surface area (Å²) in [6, 6.07) is 9.20. The van der Waals surface area contributed by atoms with Gasteiger partial charge in [-0.25, -0.2) is 0 Å². The maximum absolute atomic E-state index is 11.2. The molecule has 0 saturated carbocycles. The summed E-state index contributed by atoms with van der Waals surface area (Å²) in [5.74, 6) is 0. The summed E-state index contributed by atoms with van der Waals surface area (Å²) < 4.78 is 37.9. The normalized spacial score (nSPS) is 30.2. The summed E-state index contributed by atoms with van der Waals surface area (Å²) in [4.78, 5) is 0. The van der Waals surface area contributed by atoms with E-state index in [2.05, 4.69) is 0 Å². The summed E-state index contributed by atoms with van der Waals surface area (Å²) in [6.45, 7) is 0.00217. The zero-order valence-corrected chi connectivity index (χ0v) is 12.3. The van der Waals surface area contributed by atoms with E-state index in [0.717, 1.165) is 11.8 Å². The van der Waals surface area contributed by atoms with Gasteiger partial charge in [0.2, 0.25) is 0 Å². The molecule has 1 saturated heterocycles. The highest BCUT2D eigenvalue weighted by molar-refractivity contribution is 7.86. The van der Waals surface area contributed by atoms with Crippen LogP contribution in [0, 0.1) is 0 Å². The number of benzene rings is 1. The fourth-order valence-corrected chi connectivity index (χ4v) is 2.57. The second-order valence-corrected chi connectivity index (χ2v) is 6.42. The molecule has 1 aliphatic heterocycles. The molecule has 2 N–H and O–H groups in total. The SMILES string of the molecule is CS(=O)(=O)OC1C(OCc2ccccc2)OCC(O)C1O. The Bertz CT molecular complexity index is 545.